The fourth-order valence-corrected chi connectivity index (χ4v) is 1.74. The van der Waals surface area contributed by atoms with Crippen LogP contribution in [0.2, 0.25) is 0 Å². The van der Waals surface area contributed by atoms with Crippen LogP contribution in [0, 0.1) is 13.8 Å². The van der Waals surface area contributed by atoms with E-state index in [0.29, 0.717) is 5.69 Å². The van der Waals surface area contributed by atoms with Gasteiger partial charge < -0.3 is 4.74 Å². The van der Waals surface area contributed by atoms with E-state index in [1.54, 1.807) is 20.8 Å². The summed E-state index contributed by atoms with van der Waals surface area (Å²) >= 11 is 0. The van der Waals surface area contributed by atoms with Crippen molar-refractivity contribution in [1.82, 2.24) is 9.78 Å². The Morgan fingerprint density at radius 3 is 2.56 bits per heavy atom. The smallest absolute Gasteiger partial charge is 0.363 e. The van der Waals surface area contributed by atoms with E-state index in [9.17, 15) is 9.18 Å². The molecule has 16 heavy (non-hydrogen) atoms. The molecule has 90 valence electrons. The number of ether oxygens (including phenoxy) is 1. The fourth-order valence-electron chi connectivity index (χ4n) is 1.74. The molecule has 4 nitrogen and oxygen atoms in total. The molecule has 0 aliphatic carbocycles. The molecular formula is C11H17FN2O2. The van der Waals surface area contributed by atoms with Gasteiger partial charge in [0.2, 0.25) is 0 Å². The standard InChI is InChI=1S/C11H17FN2O2/c1-5-9-7(3)13-14(8(9)4)10(12)11(15)16-6-2/h10H,5-6H2,1-4H3. The Morgan fingerprint density at radius 2 is 2.12 bits per heavy atom. The quantitative estimate of drug-likeness (QED) is 0.741. The molecule has 1 aromatic rings. The summed E-state index contributed by atoms with van der Waals surface area (Å²) in [6.45, 7) is 7.34. The number of aromatic nitrogens is 2. The molecule has 0 amide bonds. The van der Waals surface area contributed by atoms with Crippen LogP contribution in [0.15, 0.2) is 0 Å². The van der Waals surface area contributed by atoms with E-state index in [1.807, 2.05) is 6.92 Å². The third-order valence-corrected chi connectivity index (χ3v) is 2.52. The van der Waals surface area contributed by atoms with Crippen molar-refractivity contribution in [2.45, 2.75) is 40.4 Å². The van der Waals surface area contributed by atoms with Gasteiger partial charge in [-0.1, -0.05) is 6.92 Å². The summed E-state index contributed by atoms with van der Waals surface area (Å²) in [6, 6.07) is 0. The Kier molecular flexibility index (Phi) is 4.04. The molecular weight excluding hydrogens is 211 g/mol. The number of carbonyl (C=O) groups is 1. The van der Waals surface area contributed by atoms with Crippen LogP contribution in [-0.2, 0) is 16.0 Å². The molecule has 1 atom stereocenters. The average Bonchev–Trinajstić information content (AvgIpc) is 2.53. The van der Waals surface area contributed by atoms with Crippen LogP contribution >= 0.6 is 0 Å². The summed E-state index contributed by atoms with van der Waals surface area (Å²) in [6.07, 6.45) is -1.08. The lowest BCUT2D eigenvalue weighted by atomic mass is 10.1. The zero-order chi connectivity index (χ0) is 12.3. The zero-order valence-corrected chi connectivity index (χ0v) is 10.1. The fraction of sp³-hybridized carbons (Fsp3) is 0.636. The molecule has 0 fully saturated rings. The second-order valence-electron chi connectivity index (χ2n) is 3.54. The number of hydrogen-bond acceptors (Lipinski definition) is 3. The number of esters is 1. The molecule has 0 radical (unpaired) electrons. The van der Waals surface area contributed by atoms with E-state index in [2.05, 4.69) is 9.84 Å². The number of rotatable bonds is 4. The highest BCUT2D eigenvalue weighted by Gasteiger charge is 2.25. The lowest BCUT2D eigenvalue weighted by molar-refractivity contribution is -0.153. The first-order chi connectivity index (χ1) is 7.52. The highest BCUT2D eigenvalue weighted by molar-refractivity contribution is 5.72. The minimum Gasteiger partial charge on any atom is -0.462 e. The molecule has 1 unspecified atom stereocenters. The second kappa shape index (κ2) is 5.09. The van der Waals surface area contributed by atoms with Gasteiger partial charge in [0.25, 0.3) is 6.30 Å². The second-order valence-corrected chi connectivity index (χ2v) is 3.54. The monoisotopic (exact) mass is 228 g/mol. The van der Waals surface area contributed by atoms with E-state index in [-0.39, 0.29) is 6.61 Å². The Balaban J connectivity index is 3.00. The van der Waals surface area contributed by atoms with Crippen LogP contribution in [0.4, 0.5) is 4.39 Å². The molecule has 0 N–H and O–H groups in total. The Labute approximate surface area is 94.4 Å². The number of hydrogen-bond donors (Lipinski definition) is 0. The Morgan fingerprint density at radius 1 is 1.50 bits per heavy atom. The molecule has 5 heteroatoms. The average molecular weight is 228 g/mol. The van der Waals surface area contributed by atoms with Gasteiger partial charge in [0, 0.05) is 5.69 Å². The summed E-state index contributed by atoms with van der Waals surface area (Å²) in [5, 5.41) is 4.03. The van der Waals surface area contributed by atoms with Gasteiger partial charge in [-0.3, -0.25) is 0 Å². The maximum Gasteiger partial charge on any atom is 0.363 e. The number of alkyl halides is 1. The van der Waals surface area contributed by atoms with Crippen molar-refractivity contribution in [2.24, 2.45) is 0 Å². The van der Waals surface area contributed by atoms with Crippen molar-refractivity contribution in [1.29, 1.82) is 0 Å². The summed E-state index contributed by atoms with van der Waals surface area (Å²) in [7, 11) is 0. The van der Waals surface area contributed by atoms with Crippen molar-refractivity contribution in [3.8, 4) is 0 Å². The van der Waals surface area contributed by atoms with Gasteiger partial charge in [-0.25, -0.2) is 13.9 Å². The summed E-state index contributed by atoms with van der Waals surface area (Å²) in [4.78, 5) is 11.2. The lowest BCUT2D eigenvalue weighted by Crippen LogP contribution is -2.20. The SMILES string of the molecule is CCOC(=O)C(F)n1nc(C)c(CC)c1C. The molecule has 0 aliphatic rings. The molecule has 0 bridgehead atoms. The predicted octanol–water partition coefficient (Wildman–Crippen LogP) is 2.09. The predicted molar refractivity (Wildman–Crippen MR) is 57.9 cm³/mol. The molecule has 0 spiro atoms. The first kappa shape index (κ1) is 12.7. The zero-order valence-electron chi connectivity index (χ0n) is 10.1. The van der Waals surface area contributed by atoms with Crippen LogP contribution in [0.5, 0.6) is 0 Å². The van der Waals surface area contributed by atoms with Crippen LogP contribution < -0.4 is 0 Å². The maximum absolute atomic E-state index is 13.7. The van der Waals surface area contributed by atoms with Crippen molar-refractivity contribution >= 4 is 5.97 Å². The van der Waals surface area contributed by atoms with E-state index in [4.69, 9.17) is 0 Å². The van der Waals surface area contributed by atoms with E-state index in [1.165, 1.54) is 0 Å². The highest BCUT2D eigenvalue weighted by atomic mass is 19.1. The lowest BCUT2D eigenvalue weighted by Gasteiger charge is -2.09. The number of nitrogens with zero attached hydrogens (tertiary/aromatic N) is 2. The topological polar surface area (TPSA) is 44.1 Å². The van der Waals surface area contributed by atoms with Gasteiger partial charge in [0.1, 0.15) is 0 Å². The Bertz CT molecular complexity index is 388. The number of halogens is 1. The third-order valence-electron chi connectivity index (χ3n) is 2.52. The Hall–Kier alpha value is -1.39. The molecule has 0 aromatic carbocycles. The molecule has 1 rings (SSSR count). The first-order valence-corrected chi connectivity index (χ1v) is 5.38. The van der Waals surface area contributed by atoms with Crippen molar-refractivity contribution in [2.75, 3.05) is 6.61 Å². The highest BCUT2D eigenvalue weighted by Crippen LogP contribution is 2.19. The van der Waals surface area contributed by atoms with Crippen LogP contribution in [0.25, 0.3) is 0 Å². The third kappa shape index (κ3) is 2.23. The number of carbonyl (C=O) groups excluding carboxylic acids is 1. The van der Waals surface area contributed by atoms with Crippen molar-refractivity contribution in [3.05, 3.63) is 17.0 Å². The van der Waals surface area contributed by atoms with E-state index < -0.39 is 12.3 Å². The van der Waals surface area contributed by atoms with Crippen LogP contribution in [-0.4, -0.2) is 22.4 Å². The largest absolute Gasteiger partial charge is 0.462 e. The van der Waals surface area contributed by atoms with E-state index in [0.717, 1.165) is 22.4 Å². The van der Waals surface area contributed by atoms with Gasteiger partial charge in [-0.2, -0.15) is 5.10 Å². The van der Waals surface area contributed by atoms with Crippen LogP contribution in [0.3, 0.4) is 0 Å². The minimum absolute atomic E-state index is 0.166. The van der Waals surface area contributed by atoms with Gasteiger partial charge in [0.15, 0.2) is 0 Å². The summed E-state index contributed by atoms with van der Waals surface area (Å²) in [5.41, 5.74) is 2.42. The molecule has 0 saturated carbocycles. The molecule has 1 heterocycles. The van der Waals surface area contributed by atoms with Gasteiger partial charge in [0.05, 0.1) is 12.3 Å². The molecule has 0 aliphatic heterocycles. The normalized spacial score (nSPS) is 12.6. The summed E-state index contributed by atoms with van der Waals surface area (Å²) < 4.78 is 19.4. The maximum atomic E-state index is 13.7. The van der Waals surface area contributed by atoms with Crippen molar-refractivity contribution < 1.29 is 13.9 Å². The van der Waals surface area contributed by atoms with Gasteiger partial charge >= 0.3 is 5.97 Å². The molecule has 0 saturated heterocycles. The molecule has 1 aromatic heterocycles. The summed E-state index contributed by atoms with van der Waals surface area (Å²) in [5.74, 6) is -0.893. The first-order valence-electron chi connectivity index (χ1n) is 5.38. The van der Waals surface area contributed by atoms with E-state index >= 15 is 0 Å². The van der Waals surface area contributed by atoms with Crippen LogP contribution in [0.1, 0.15) is 37.1 Å². The van der Waals surface area contributed by atoms with Gasteiger partial charge in [-0.15, -0.1) is 0 Å². The van der Waals surface area contributed by atoms with Gasteiger partial charge in [-0.05, 0) is 32.8 Å². The van der Waals surface area contributed by atoms with Crippen molar-refractivity contribution in [3.63, 3.8) is 0 Å². The minimum atomic E-state index is -1.85. The number of aryl methyl sites for hydroxylation is 1.